The zero-order valence-electron chi connectivity index (χ0n) is 6.60. The van der Waals surface area contributed by atoms with Crippen LogP contribution in [0.4, 0.5) is 0 Å². The van der Waals surface area contributed by atoms with Crippen LogP contribution in [-0.2, 0) is 19.1 Å². The van der Waals surface area contributed by atoms with E-state index in [0.717, 1.165) is 14.2 Å². The molecule has 6 nitrogen and oxygen atoms in total. The van der Waals surface area contributed by atoms with Gasteiger partial charge in [0.15, 0.2) is 0 Å². The average molecular weight is 176 g/mol. The van der Waals surface area contributed by atoms with Crippen LogP contribution in [0.5, 0.6) is 0 Å². The van der Waals surface area contributed by atoms with E-state index in [-0.39, 0.29) is 0 Å². The Hall–Kier alpha value is -1.14. The Morgan fingerprint density at radius 3 is 1.33 bits per heavy atom. The maximum absolute atomic E-state index is 10.2. The maximum Gasteiger partial charge on any atom is 0.128 e. The van der Waals surface area contributed by atoms with Gasteiger partial charge in [0.05, 0.1) is 11.9 Å². The Labute approximate surface area is 68.7 Å². The molecule has 0 aromatic carbocycles. The average Bonchev–Trinajstić information content (AvgIpc) is 1.98. The zero-order chi connectivity index (χ0) is 9.72. The lowest BCUT2D eigenvalue weighted by molar-refractivity contribution is -0.335. The van der Waals surface area contributed by atoms with Crippen molar-refractivity contribution in [3.63, 3.8) is 0 Å². The van der Waals surface area contributed by atoms with Gasteiger partial charge in [-0.3, -0.25) is 0 Å². The second kappa shape index (κ2) is 4.68. The van der Waals surface area contributed by atoms with E-state index in [1.165, 1.54) is 0 Å². The summed E-state index contributed by atoms with van der Waals surface area (Å²) in [5.74, 6) is -3.32. The minimum absolute atomic E-state index is 1.04. The number of rotatable bonds is 5. The van der Waals surface area contributed by atoms with E-state index in [2.05, 4.69) is 9.47 Å². The van der Waals surface area contributed by atoms with E-state index in [4.69, 9.17) is 0 Å². The summed E-state index contributed by atoms with van der Waals surface area (Å²) in [6.07, 6.45) is -3.31. The summed E-state index contributed by atoms with van der Waals surface area (Å²) >= 11 is 0. The first-order chi connectivity index (χ1) is 5.54. The molecule has 0 saturated carbocycles. The third-order valence-electron chi connectivity index (χ3n) is 1.25. The van der Waals surface area contributed by atoms with E-state index in [0.29, 0.717) is 0 Å². The molecule has 0 rings (SSSR count). The molecule has 2 unspecified atom stereocenters. The van der Waals surface area contributed by atoms with Crippen LogP contribution in [0, 0.1) is 0 Å². The number of carbonyl (C=O) groups is 2. The molecule has 0 aliphatic heterocycles. The van der Waals surface area contributed by atoms with Gasteiger partial charge in [-0.15, -0.1) is 0 Å². The summed E-state index contributed by atoms with van der Waals surface area (Å²) in [6, 6.07) is 0. The van der Waals surface area contributed by atoms with Gasteiger partial charge in [0.25, 0.3) is 0 Å². The van der Waals surface area contributed by atoms with Crippen molar-refractivity contribution >= 4 is 11.9 Å². The first-order valence-electron chi connectivity index (χ1n) is 3.02. The van der Waals surface area contributed by atoms with Gasteiger partial charge in [0.2, 0.25) is 0 Å². The Morgan fingerprint density at radius 2 is 1.25 bits per heavy atom. The summed E-state index contributed by atoms with van der Waals surface area (Å²) in [4.78, 5) is 20.5. The number of carboxylic acid groups (broad SMARTS) is 2. The SMILES string of the molecule is COC(C(=O)[O-])C(OC)C(=O)[O-]. The first-order valence-corrected chi connectivity index (χ1v) is 3.02. The molecule has 70 valence electrons. The summed E-state index contributed by atoms with van der Waals surface area (Å²) in [7, 11) is 2.07. The molecule has 0 aromatic heterocycles. The topological polar surface area (TPSA) is 98.7 Å². The fraction of sp³-hybridized carbons (Fsp3) is 0.667. The molecule has 0 heterocycles. The molecule has 0 aromatic rings. The summed E-state index contributed by atoms with van der Waals surface area (Å²) in [6.45, 7) is 0. The van der Waals surface area contributed by atoms with Gasteiger partial charge < -0.3 is 29.3 Å². The van der Waals surface area contributed by atoms with E-state index in [1.54, 1.807) is 0 Å². The minimum Gasteiger partial charge on any atom is -0.547 e. The molecule has 0 aliphatic rings. The summed E-state index contributed by atoms with van der Waals surface area (Å²) < 4.78 is 8.64. The molecule has 0 radical (unpaired) electrons. The molecule has 0 bridgehead atoms. The molecule has 0 amide bonds. The highest BCUT2D eigenvalue weighted by atomic mass is 16.6. The largest absolute Gasteiger partial charge is 0.547 e. The van der Waals surface area contributed by atoms with Crippen molar-refractivity contribution in [2.45, 2.75) is 12.2 Å². The van der Waals surface area contributed by atoms with Crippen molar-refractivity contribution < 1.29 is 29.3 Å². The van der Waals surface area contributed by atoms with Crippen LogP contribution in [0.15, 0.2) is 0 Å². The predicted octanol–water partition coefficient (Wildman–Crippen LogP) is -3.48. The number of carbonyl (C=O) groups excluding carboxylic acids is 2. The highest BCUT2D eigenvalue weighted by Gasteiger charge is 2.22. The standard InChI is InChI=1S/C6H10O6/c1-11-3(5(7)8)4(12-2)6(9)10/h3-4H,1-2H3,(H,7,8)(H,9,10)/p-2. The van der Waals surface area contributed by atoms with Crippen LogP contribution in [0.3, 0.4) is 0 Å². The lowest BCUT2D eigenvalue weighted by atomic mass is 10.2. The van der Waals surface area contributed by atoms with Crippen LogP contribution in [0.1, 0.15) is 0 Å². The van der Waals surface area contributed by atoms with Crippen LogP contribution in [-0.4, -0.2) is 38.4 Å². The van der Waals surface area contributed by atoms with Gasteiger partial charge in [-0.05, 0) is 0 Å². The third kappa shape index (κ3) is 2.48. The van der Waals surface area contributed by atoms with E-state index < -0.39 is 24.1 Å². The van der Waals surface area contributed by atoms with Gasteiger partial charge in [-0.1, -0.05) is 0 Å². The molecule has 0 N–H and O–H groups in total. The van der Waals surface area contributed by atoms with Crippen LogP contribution < -0.4 is 10.2 Å². The highest BCUT2D eigenvalue weighted by Crippen LogP contribution is 2.00. The number of methoxy groups -OCH3 is 2. The van der Waals surface area contributed by atoms with Crippen molar-refractivity contribution in [3.05, 3.63) is 0 Å². The van der Waals surface area contributed by atoms with E-state index in [9.17, 15) is 19.8 Å². The minimum atomic E-state index is -1.66. The van der Waals surface area contributed by atoms with Gasteiger partial charge in [0.1, 0.15) is 12.2 Å². The number of ether oxygens (including phenoxy) is 2. The third-order valence-corrected chi connectivity index (χ3v) is 1.25. The molecule has 0 saturated heterocycles. The molecule has 2 atom stereocenters. The number of hydrogen-bond acceptors (Lipinski definition) is 6. The first kappa shape index (κ1) is 10.9. The second-order valence-electron chi connectivity index (χ2n) is 1.95. The monoisotopic (exact) mass is 176 g/mol. The number of aliphatic carboxylic acids is 2. The molecule has 0 fully saturated rings. The normalized spacial score (nSPS) is 15.2. The quantitative estimate of drug-likeness (QED) is 0.431. The van der Waals surface area contributed by atoms with Crippen molar-refractivity contribution in [2.75, 3.05) is 14.2 Å². The van der Waals surface area contributed by atoms with Gasteiger partial charge in [0, 0.05) is 14.2 Å². The molecule has 12 heavy (non-hydrogen) atoms. The van der Waals surface area contributed by atoms with Crippen molar-refractivity contribution in [3.8, 4) is 0 Å². The van der Waals surface area contributed by atoms with E-state index in [1.807, 2.05) is 0 Å². The lowest BCUT2D eigenvalue weighted by Gasteiger charge is -2.25. The van der Waals surface area contributed by atoms with Crippen molar-refractivity contribution in [2.24, 2.45) is 0 Å². The predicted molar refractivity (Wildman–Crippen MR) is 31.6 cm³/mol. The number of carboxylic acids is 2. The van der Waals surface area contributed by atoms with Gasteiger partial charge in [-0.25, -0.2) is 0 Å². The molecule has 0 spiro atoms. The maximum atomic E-state index is 10.2. The number of hydrogen-bond donors (Lipinski definition) is 0. The molecule has 6 heteroatoms. The summed E-state index contributed by atoms with van der Waals surface area (Å²) in [5, 5.41) is 20.5. The van der Waals surface area contributed by atoms with Crippen molar-refractivity contribution in [1.29, 1.82) is 0 Å². The molecular formula is C6H8O6-2. The molecule has 0 aliphatic carbocycles. The Kier molecular flexibility index (Phi) is 4.24. The molecular weight excluding hydrogens is 168 g/mol. The summed E-state index contributed by atoms with van der Waals surface area (Å²) in [5.41, 5.74) is 0. The van der Waals surface area contributed by atoms with Crippen LogP contribution in [0.25, 0.3) is 0 Å². The Morgan fingerprint density at radius 1 is 1.00 bits per heavy atom. The fourth-order valence-electron chi connectivity index (χ4n) is 0.687. The Bertz CT molecular complexity index is 157. The zero-order valence-corrected chi connectivity index (χ0v) is 6.60. The highest BCUT2D eigenvalue weighted by molar-refractivity contribution is 5.81. The van der Waals surface area contributed by atoms with Gasteiger partial charge >= 0.3 is 0 Å². The Balaban J connectivity index is 4.44. The van der Waals surface area contributed by atoms with Crippen LogP contribution >= 0.6 is 0 Å². The fourth-order valence-corrected chi connectivity index (χ4v) is 0.687. The smallest absolute Gasteiger partial charge is 0.128 e. The van der Waals surface area contributed by atoms with E-state index >= 15 is 0 Å². The second-order valence-corrected chi connectivity index (χ2v) is 1.95. The van der Waals surface area contributed by atoms with Crippen molar-refractivity contribution in [1.82, 2.24) is 0 Å². The van der Waals surface area contributed by atoms with Crippen LogP contribution in [0.2, 0.25) is 0 Å². The lowest BCUT2D eigenvalue weighted by Crippen LogP contribution is -2.53. The van der Waals surface area contributed by atoms with Gasteiger partial charge in [-0.2, -0.15) is 0 Å².